The van der Waals surface area contributed by atoms with Crippen molar-refractivity contribution in [3.63, 3.8) is 0 Å². The third-order valence-corrected chi connectivity index (χ3v) is 3.22. The van der Waals surface area contributed by atoms with Gasteiger partial charge in [-0.05, 0) is 46.0 Å². The van der Waals surface area contributed by atoms with Crippen molar-refractivity contribution in [2.45, 2.75) is 65.0 Å². The molecule has 0 heterocycles. The van der Waals surface area contributed by atoms with Crippen molar-refractivity contribution in [3.8, 4) is 0 Å². The van der Waals surface area contributed by atoms with Crippen LogP contribution in [0.1, 0.15) is 53.4 Å². The van der Waals surface area contributed by atoms with Crippen LogP contribution in [0.15, 0.2) is 0 Å². The van der Waals surface area contributed by atoms with Gasteiger partial charge >= 0.3 is 6.09 Å². The molecule has 1 amide bonds. The second-order valence-electron chi connectivity index (χ2n) is 5.99. The van der Waals surface area contributed by atoms with Crippen molar-refractivity contribution in [1.29, 1.82) is 0 Å². The second-order valence-corrected chi connectivity index (χ2v) is 5.99. The predicted octanol–water partition coefficient (Wildman–Crippen LogP) is 3.00. The van der Waals surface area contributed by atoms with Gasteiger partial charge in [0.05, 0.1) is 6.04 Å². The molecule has 1 aliphatic rings. The molecule has 0 bridgehead atoms. The smallest absolute Gasteiger partial charge is 0.410 e. The van der Waals surface area contributed by atoms with E-state index in [1.54, 1.807) is 4.90 Å². The van der Waals surface area contributed by atoms with Crippen molar-refractivity contribution >= 4 is 12.4 Å². The molecule has 0 aromatic heterocycles. The standard InChI is InChI=1S/C14H25NO3/c1-5-9-15(13(17)18-14(2,3)4)12(10-16)11-7-6-8-11/h10-12H,5-9H2,1-4H3. The molecule has 1 rings (SSSR count). The summed E-state index contributed by atoms with van der Waals surface area (Å²) in [5, 5.41) is 0. The zero-order valence-electron chi connectivity index (χ0n) is 11.9. The second kappa shape index (κ2) is 6.21. The zero-order valence-corrected chi connectivity index (χ0v) is 11.9. The molecule has 1 unspecified atom stereocenters. The van der Waals surface area contributed by atoms with Crippen molar-refractivity contribution in [3.05, 3.63) is 0 Å². The number of carbonyl (C=O) groups is 2. The highest BCUT2D eigenvalue weighted by atomic mass is 16.6. The molecule has 1 saturated carbocycles. The molecule has 4 heteroatoms. The Morgan fingerprint density at radius 3 is 2.39 bits per heavy atom. The fraction of sp³-hybridized carbons (Fsp3) is 0.857. The molecule has 1 aliphatic carbocycles. The molecule has 104 valence electrons. The number of carbonyl (C=O) groups excluding carboxylic acids is 2. The highest BCUT2D eigenvalue weighted by Crippen LogP contribution is 2.32. The van der Waals surface area contributed by atoms with Crippen LogP contribution in [0.3, 0.4) is 0 Å². The minimum atomic E-state index is -0.518. The first-order valence-electron chi connectivity index (χ1n) is 6.84. The van der Waals surface area contributed by atoms with Gasteiger partial charge in [-0.25, -0.2) is 4.79 Å². The topological polar surface area (TPSA) is 46.6 Å². The van der Waals surface area contributed by atoms with E-state index in [4.69, 9.17) is 4.74 Å². The average Bonchev–Trinajstić information content (AvgIpc) is 2.17. The van der Waals surface area contributed by atoms with E-state index in [9.17, 15) is 9.59 Å². The molecule has 0 aromatic carbocycles. The van der Waals surface area contributed by atoms with E-state index >= 15 is 0 Å². The Bertz CT molecular complexity index is 292. The van der Waals surface area contributed by atoms with Crippen LogP contribution in [0.5, 0.6) is 0 Å². The Balaban J connectivity index is 2.72. The molecule has 18 heavy (non-hydrogen) atoms. The van der Waals surface area contributed by atoms with E-state index in [1.807, 2.05) is 27.7 Å². The van der Waals surface area contributed by atoms with Gasteiger partial charge in [0.2, 0.25) is 0 Å². The van der Waals surface area contributed by atoms with Crippen molar-refractivity contribution in [1.82, 2.24) is 4.90 Å². The van der Waals surface area contributed by atoms with Crippen LogP contribution >= 0.6 is 0 Å². The maximum Gasteiger partial charge on any atom is 0.410 e. The highest BCUT2D eigenvalue weighted by molar-refractivity contribution is 5.74. The Morgan fingerprint density at radius 2 is 2.06 bits per heavy atom. The van der Waals surface area contributed by atoms with E-state index in [1.165, 1.54) is 0 Å². The lowest BCUT2D eigenvalue weighted by Crippen LogP contribution is -2.49. The van der Waals surface area contributed by atoms with Crippen LogP contribution in [0, 0.1) is 5.92 Å². The minimum absolute atomic E-state index is 0.312. The highest BCUT2D eigenvalue weighted by Gasteiger charge is 2.35. The molecule has 0 spiro atoms. The maximum absolute atomic E-state index is 12.1. The van der Waals surface area contributed by atoms with Gasteiger partial charge in [0.15, 0.2) is 0 Å². The van der Waals surface area contributed by atoms with Crippen LogP contribution in [-0.4, -0.2) is 35.5 Å². The Hall–Kier alpha value is -1.06. The summed E-state index contributed by atoms with van der Waals surface area (Å²) in [7, 11) is 0. The van der Waals surface area contributed by atoms with E-state index in [0.717, 1.165) is 32.0 Å². The molecule has 1 atom stereocenters. The molecule has 4 nitrogen and oxygen atoms in total. The molecule has 0 saturated heterocycles. The number of ether oxygens (including phenoxy) is 1. The normalized spacial score (nSPS) is 17.8. The average molecular weight is 255 g/mol. The zero-order chi connectivity index (χ0) is 13.8. The lowest BCUT2D eigenvalue weighted by Gasteiger charge is -2.38. The molecule has 0 aromatic rings. The van der Waals surface area contributed by atoms with Crippen LogP contribution < -0.4 is 0 Å². The van der Waals surface area contributed by atoms with Gasteiger partial charge in [-0.1, -0.05) is 13.3 Å². The molecule has 0 radical (unpaired) electrons. The van der Waals surface area contributed by atoms with Crippen molar-refractivity contribution in [2.75, 3.05) is 6.54 Å². The Morgan fingerprint density at radius 1 is 1.44 bits per heavy atom. The van der Waals surface area contributed by atoms with Crippen LogP contribution in [0.4, 0.5) is 4.79 Å². The SMILES string of the molecule is CCCN(C(=O)OC(C)(C)C)C(C=O)C1CCC1. The first kappa shape index (κ1) is 15.0. The van der Waals surface area contributed by atoms with E-state index < -0.39 is 5.60 Å². The molecule has 0 N–H and O–H groups in total. The van der Waals surface area contributed by atoms with Gasteiger partial charge in [-0.2, -0.15) is 0 Å². The number of hydrogen-bond acceptors (Lipinski definition) is 3. The monoisotopic (exact) mass is 255 g/mol. The lowest BCUT2D eigenvalue weighted by atomic mass is 9.79. The van der Waals surface area contributed by atoms with Crippen LogP contribution in [0.2, 0.25) is 0 Å². The summed E-state index contributed by atoms with van der Waals surface area (Å²) in [5.74, 6) is 0.321. The van der Waals surface area contributed by atoms with Crippen molar-refractivity contribution in [2.24, 2.45) is 5.92 Å². The quantitative estimate of drug-likeness (QED) is 0.709. The van der Waals surface area contributed by atoms with Gasteiger partial charge in [0.25, 0.3) is 0 Å². The maximum atomic E-state index is 12.1. The van der Waals surface area contributed by atoms with Gasteiger partial charge in [0.1, 0.15) is 11.9 Å². The van der Waals surface area contributed by atoms with Gasteiger partial charge in [-0.3, -0.25) is 4.90 Å². The first-order chi connectivity index (χ1) is 8.39. The fourth-order valence-electron chi connectivity index (χ4n) is 2.14. The Labute approximate surface area is 110 Å². The number of rotatable bonds is 5. The minimum Gasteiger partial charge on any atom is -0.444 e. The summed E-state index contributed by atoms with van der Waals surface area (Å²) in [6.45, 7) is 8.10. The molecule has 0 aliphatic heterocycles. The third-order valence-electron chi connectivity index (χ3n) is 3.22. The Kier molecular flexibility index (Phi) is 5.17. The van der Waals surface area contributed by atoms with Crippen molar-refractivity contribution < 1.29 is 14.3 Å². The largest absolute Gasteiger partial charge is 0.444 e. The predicted molar refractivity (Wildman–Crippen MR) is 70.4 cm³/mol. The summed E-state index contributed by atoms with van der Waals surface area (Å²) in [4.78, 5) is 25.0. The van der Waals surface area contributed by atoms with E-state index in [-0.39, 0.29) is 12.1 Å². The van der Waals surface area contributed by atoms with Gasteiger partial charge in [-0.15, -0.1) is 0 Å². The van der Waals surface area contributed by atoms with E-state index in [0.29, 0.717) is 12.5 Å². The van der Waals surface area contributed by atoms with Gasteiger partial charge in [0, 0.05) is 6.54 Å². The molecular weight excluding hydrogens is 230 g/mol. The fourth-order valence-corrected chi connectivity index (χ4v) is 2.14. The van der Waals surface area contributed by atoms with Gasteiger partial charge < -0.3 is 9.53 Å². The first-order valence-corrected chi connectivity index (χ1v) is 6.84. The number of nitrogens with zero attached hydrogens (tertiary/aromatic N) is 1. The molecule has 1 fully saturated rings. The number of amides is 1. The lowest BCUT2D eigenvalue weighted by molar-refractivity contribution is -0.115. The molecular formula is C14H25NO3. The number of hydrogen-bond donors (Lipinski definition) is 0. The summed E-state index contributed by atoms with van der Waals surface area (Å²) < 4.78 is 5.38. The summed E-state index contributed by atoms with van der Waals surface area (Å²) >= 11 is 0. The van der Waals surface area contributed by atoms with Crippen LogP contribution in [0.25, 0.3) is 0 Å². The summed E-state index contributed by atoms with van der Waals surface area (Å²) in [6.07, 6.45) is 4.59. The van der Waals surface area contributed by atoms with E-state index in [2.05, 4.69) is 0 Å². The third kappa shape index (κ3) is 4.00. The summed E-state index contributed by atoms with van der Waals surface area (Å²) in [5.41, 5.74) is -0.518. The number of aldehydes is 1. The van der Waals surface area contributed by atoms with Crippen LogP contribution in [-0.2, 0) is 9.53 Å². The summed E-state index contributed by atoms with van der Waals surface area (Å²) in [6, 6.07) is -0.312.